The predicted octanol–water partition coefficient (Wildman–Crippen LogP) is 3.70. The van der Waals surface area contributed by atoms with Crippen LogP contribution >= 0.6 is 23.6 Å². The van der Waals surface area contributed by atoms with Gasteiger partial charge in [0.2, 0.25) is 0 Å². The maximum Gasteiger partial charge on any atom is 0.135 e. The Bertz CT molecular complexity index is 593. The summed E-state index contributed by atoms with van der Waals surface area (Å²) in [6, 6.07) is 9.02. The average molecular weight is 294 g/mol. The third kappa shape index (κ3) is 3.52. The summed E-state index contributed by atoms with van der Waals surface area (Å²) >= 11 is 6.54. The highest BCUT2D eigenvalue weighted by molar-refractivity contribution is 7.80. The standard InChI is InChI=1S/C14H15FN2S2/c1-2-10-4-5-11(19-10)8-17-9-3-6-12(14(16)18)13(15)7-9/h3-7,17H,2,8H2,1H3,(H2,16,18). The molecule has 0 fully saturated rings. The van der Waals surface area contributed by atoms with E-state index in [1.54, 1.807) is 23.5 Å². The van der Waals surface area contributed by atoms with E-state index in [0.29, 0.717) is 6.54 Å². The molecule has 5 heteroatoms. The number of aryl methyl sites for hydroxylation is 1. The van der Waals surface area contributed by atoms with Gasteiger partial charge in [0.05, 0.1) is 0 Å². The number of nitrogens with one attached hydrogen (secondary N) is 1. The van der Waals surface area contributed by atoms with Crippen LogP contribution in [0, 0.1) is 5.82 Å². The van der Waals surface area contributed by atoms with Crippen molar-refractivity contribution in [3.05, 3.63) is 51.5 Å². The Morgan fingerprint density at radius 3 is 2.63 bits per heavy atom. The fourth-order valence-electron chi connectivity index (χ4n) is 1.72. The van der Waals surface area contributed by atoms with Gasteiger partial charge < -0.3 is 11.1 Å². The van der Waals surface area contributed by atoms with Gasteiger partial charge in [-0.2, -0.15) is 0 Å². The molecule has 0 spiro atoms. The first-order valence-electron chi connectivity index (χ1n) is 6.01. The quantitative estimate of drug-likeness (QED) is 0.826. The van der Waals surface area contributed by atoms with E-state index in [2.05, 4.69) is 24.4 Å². The third-order valence-electron chi connectivity index (χ3n) is 2.77. The Balaban J connectivity index is 2.03. The predicted molar refractivity (Wildman–Crippen MR) is 83.3 cm³/mol. The molecule has 19 heavy (non-hydrogen) atoms. The monoisotopic (exact) mass is 294 g/mol. The first-order valence-corrected chi connectivity index (χ1v) is 7.23. The largest absolute Gasteiger partial charge is 0.389 e. The topological polar surface area (TPSA) is 38.0 Å². The van der Waals surface area contributed by atoms with E-state index in [9.17, 15) is 4.39 Å². The minimum Gasteiger partial charge on any atom is -0.389 e. The molecule has 0 unspecified atom stereocenters. The second kappa shape index (κ2) is 6.12. The number of anilines is 1. The lowest BCUT2D eigenvalue weighted by atomic mass is 10.2. The molecule has 2 nitrogen and oxygen atoms in total. The molecule has 1 aromatic heterocycles. The fraction of sp³-hybridized carbons (Fsp3) is 0.214. The number of halogens is 1. The number of hydrogen-bond donors (Lipinski definition) is 2. The van der Waals surface area contributed by atoms with Crippen molar-refractivity contribution in [3.8, 4) is 0 Å². The van der Waals surface area contributed by atoms with Crippen molar-refractivity contribution in [1.82, 2.24) is 0 Å². The van der Waals surface area contributed by atoms with Gasteiger partial charge in [0, 0.05) is 27.5 Å². The van der Waals surface area contributed by atoms with Crippen molar-refractivity contribution in [2.75, 3.05) is 5.32 Å². The first-order chi connectivity index (χ1) is 9.10. The number of benzene rings is 1. The maximum atomic E-state index is 13.7. The molecule has 0 atom stereocenters. The highest BCUT2D eigenvalue weighted by atomic mass is 32.1. The highest BCUT2D eigenvalue weighted by Crippen LogP contribution is 2.20. The molecule has 1 aromatic carbocycles. The SMILES string of the molecule is CCc1ccc(CNc2ccc(C(N)=S)c(F)c2)s1. The third-order valence-corrected chi connectivity index (χ3v) is 4.22. The zero-order valence-electron chi connectivity index (χ0n) is 10.6. The van der Waals surface area contributed by atoms with Crippen molar-refractivity contribution in [1.29, 1.82) is 0 Å². The molecule has 0 aliphatic heterocycles. The van der Waals surface area contributed by atoms with E-state index in [-0.39, 0.29) is 10.6 Å². The van der Waals surface area contributed by atoms with Crippen LogP contribution in [0.5, 0.6) is 0 Å². The van der Waals surface area contributed by atoms with E-state index >= 15 is 0 Å². The van der Waals surface area contributed by atoms with Crippen LogP contribution in [0.2, 0.25) is 0 Å². The Morgan fingerprint density at radius 2 is 2.05 bits per heavy atom. The molecule has 0 aliphatic rings. The van der Waals surface area contributed by atoms with Gasteiger partial charge in [-0.15, -0.1) is 11.3 Å². The average Bonchev–Trinajstić information content (AvgIpc) is 2.84. The summed E-state index contributed by atoms with van der Waals surface area (Å²) in [5, 5.41) is 3.19. The van der Waals surface area contributed by atoms with Crippen LogP contribution in [-0.4, -0.2) is 4.99 Å². The van der Waals surface area contributed by atoms with Crippen LogP contribution in [0.4, 0.5) is 10.1 Å². The van der Waals surface area contributed by atoms with Crippen LogP contribution in [0.1, 0.15) is 22.2 Å². The Kier molecular flexibility index (Phi) is 4.50. The van der Waals surface area contributed by atoms with Gasteiger partial charge in [0.25, 0.3) is 0 Å². The molecule has 0 radical (unpaired) electrons. The smallest absolute Gasteiger partial charge is 0.135 e. The molecule has 1 heterocycles. The van der Waals surface area contributed by atoms with Crippen LogP contribution in [0.3, 0.4) is 0 Å². The number of hydrogen-bond acceptors (Lipinski definition) is 3. The summed E-state index contributed by atoms with van der Waals surface area (Å²) in [5.74, 6) is -0.391. The van der Waals surface area contributed by atoms with Crippen molar-refractivity contribution in [2.45, 2.75) is 19.9 Å². The molecule has 100 valence electrons. The summed E-state index contributed by atoms with van der Waals surface area (Å²) < 4.78 is 13.7. The second-order valence-corrected chi connectivity index (χ2v) is 5.83. The van der Waals surface area contributed by atoms with Gasteiger partial charge in [-0.25, -0.2) is 4.39 Å². The second-order valence-electron chi connectivity index (χ2n) is 4.13. The highest BCUT2D eigenvalue weighted by Gasteiger charge is 2.06. The number of nitrogens with two attached hydrogens (primary N) is 1. The van der Waals surface area contributed by atoms with Gasteiger partial charge in [0.1, 0.15) is 10.8 Å². The van der Waals surface area contributed by atoms with Gasteiger partial charge in [-0.1, -0.05) is 19.1 Å². The van der Waals surface area contributed by atoms with E-state index in [1.807, 2.05) is 0 Å². The molecule has 0 amide bonds. The fourth-order valence-corrected chi connectivity index (χ4v) is 2.78. The van der Waals surface area contributed by atoms with Gasteiger partial charge >= 0.3 is 0 Å². The molecule has 2 aromatic rings. The molecule has 3 N–H and O–H groups in total. The summed E-state index contributed by atoms with van der Waals surface area (Å²) in [6.45, 7) is 2.82. The van der Waals surface area contributed by atoms with E-state index in [0.717, 1.165) is 12.1 Å². The van der Waals surface area contributed by atoms with Gasteiger partial charge in [-0.3, -0.25) is 0 Å². The van der Waals surface area contributed by atoms with Crippen molar-refractivity contribution < 1.29 is 4.39 Å². The molecule has 0 saturated heterocycles. The lowest BCUT2D eigenvalue weighted by Crippen LogP contribution is -2.11. The van der Waals surface area contributed by atoms with Gasteiger partial charge in [-0.05, 0) is 36.8 Å². The normalized spacial score (nSPS) is 10.4. The van der Waals surface area contributed by atoms with E-state index < -0.39 is 5.82 Å². The molecule has 0 bridgehead atoms. The van der Waals surface area contributed by atoms with E-state index in [4.69, 9.17) is 18.0 Å². The lowest BCUT2D eigenvalue weighted by molar-refractivity contribution is 0.626. The zero-order valence-corrected chi connectivity index (χ0v) is 12.2. The Morgan fingerprint density at radius 1 is 1.32 bits per heavy atom. The summed E-state index contributed by atoms with van der Waals surface area (Å²) in [4.78, 5) is 2.66. The van der Waals surface area contributed by atoms with Crippen molar-refractivity contribution in [3.63, 3.8) is 0 Å². The Labute approximate surface area is 121 Å². The molecular weight excluding hydrogens is 279 g/mol. The summed E-state index contributed by atoms with van der Waals surface area (Å²) in [6.07, 6.45) is 1.04. The first kappa shape index (κ1) is 14.0. The molecule has 0 saturated carbocycles. The molecular formula is C14H15FN2S2. The van der Waals surface area contributed by atoms with Crippen LogP contribution in [-0.2, 0) is 13.0 Å². The molecule has 0 aliphatic carbocycles. The number of thiophene rings is 1. The Hall–Kier alpha value is -1.46. The summed E-state index contributed by atoms with van der Waals surface area (Å²) in [5.41, 5.74) is 6.43. The van der Waals surface area contributed by atoms with E-state index in [1.165, 1.54) is 15.8 Å². The minimum absolute atomic E-state index is 0.0786. The summed E-state index contributed by atoms with van der Waals surface area (Å²) in [7, 11) is 0. The van der Waals surface area contributed by atoms with Crippen LogP contribution < -0.4 is 11.1 Å². The molecule has 2 rings (SSSR count). The van der Waals surface area contributed by atoms with Crippen LogP contribution in [0.25, 0.3) is 0 Å². The zero-order chi connectivity index (χ0) is 13.8. The maximum absolute atomic E-state index is 13.7. The van der Waals surface area contributed by atoms with Gasteiger partial charge in [0.15, 0.2) is 0 Å². The minimum atomic E-state index is -0.391. The van der Waals surface area contributed by atoms with Crippen molar-refractivity contribution >= 4 is 34.2 Å². The number of thiocarbonyl (C=S) groups is 1. The number of rotatable bonds is 5. The lowest BCUT2D eigenvalue weighted by Gasteiger charge is -2.07. The van der Waals surface area contributed by atoms with Crippen molar-refractivity contribution in [2.24, 2.45) is 5.73 Å². The van der Waals surface area contributed by atoms with Crippen LogP contribution in [0.15, 0.2) is 30.3 Å².